The summed E-state index contributed by atoms with van der Waals surface area (Å²) in [6, 6.07) is 31.4. The Labute approximate surface area is 205 Å². The molecule has 0 saturated carbocycles. The van der Waals surface area contributed by atoms with Gasteiger partial charge in [0.1, 0.15) is 5.75 Å². The van der Waals surface area contributed by atoms with E-state index in [4.69, 9.17) is 4.74 Å². The lowest BCUT2D eigenvalue weighted by Crippen LogP contribution is -2.28. The minimum absolute atomic E-state index is 0.379. The normalized spacial score (nSPS) is 16.4. The van der Waals surface area contributed by atoms with Crippen molar-refractivity contribution in [3.05, 3.63) is 123 Å². The van der Waals surface area contributed by atoms with E-state index in [1.807, 2.05) is 0 Å². The predicted molar refractivity (Wildman–Crippen MR) is 141 cm³/mol. The molecule has 1 aliphatic carbocycles. The molecule has 4 aromatic rings. The van der Waals surface area contributed by atoms with Crippen molar-refractivity contribution in [3.63, 3.8) is 0 Å². The van der Waals surface area contributed by atoms with Crippen LogP contribution >= 0.6 is 15.9 Å². The molecule has 0 amide bonds. The van der Waals surface area contributed by atoms with E-state index in [0.29, 0.717) is 0 Å². The third kappa shape index (κ3) is 3.71. The van der Waals surface area contributed by atoms with Crippen LogP contribution in [0.1, 0.15) is 53.1 Å². The molecule has 0 aliphatic heterocycles. The lowest BCUT2D eigenvalue weighted by Gasteiger charge is -2.34. The number of halogens is 1. The van der Waals surface area contributed by atoms with Gasteiger partial charge in [-0.25, -0.2) is 0 Å². The van der Waals surface area contributed by atoms with Gasteiger partial charge in [-0.3, -0.25) is 0 Å². The molecular weight excluding hydrogens is 468 g/mol. The molecule has 0 aromatic heterocycles. The minimum Gasteiger partial charge on any atom is -0.494 e. The van der Waals surface area contributed by atoms with E-state index in [9.17, 15) is 0 Å². The van der Waals surface area contributed by atoms with Crippen LogP contribution in [-0.4, -0.2) is 6.61 Å². The van der Waals surface area contributed by atoms with Gasteiger partial charge < -0.3 is 4.74 Å². The molecule has 0 heterocycles. The average Bonchev–Trinajstić information content (AvgIpc) is 3.09. The van der Waals surface area contributed by atoms with Crippen LogP contribution < -0.4 is 4.74 Å². The standard InChI is InChI=1S/C31H29BrO/c1-4-5-18-33-26-14-11-24(12-15-26)31(23-9-6-21(2)7-10-23)29-19-22(3)8-16-27(29)28-17-13-25(32)20-30(28)31/h6-17,19-20H,4-5,18H2,1-3H3. The first-order valence-corrected chi connectivity index (χ1v) is 12.6. The smallest absolute Gasteiger partial charge is 0.119 e. The van der Waals surface area contributed by atoms with Gasteiger partial charge in [0.2, 0.25) is 0 Å². The Morgan fingerprint density at radius 3 is 1.94 bits per heavy atom. The second kappa shape index (κ2) is 8.83. The summed E-state index contributed by atoms with van der Waals surface area (Å²) >= 11 is 3.76. The lowest BCUT2D eigenvalue weighted by molar-refractivity contribution is 0.309. The maximum absolute atomic E-state index is 5.99. The topological polar surface area (TPSA) is 9.23 Å². The first-order chi connectivity index (χ1) is 16.0. The van der Waals surface area contributed by atoms with Gasteiger partial charge in [-0.15, -0.1) is 0 Å². The number of fused-ring (bicyclic) bond motifs is 3. The number of benzene rings is 4. The molecule has 166 valence electrons. The van der Waals surface area contributed by atoms with Crippen molar-refractivity contribution in [1.82, 2.24) is 0 Å². The highest BCUT2D eigenvalue weighted by Crippen LogP contribution is 2.56. The lowest BCUT2D eigenvalue weighted by atomic mass is 9.67. The van der Waals surface area contributed by atoms with Gasteiger partial charge in [0.25, 0.3) is 0 Å². The summed E-state index contributed by atoms with van der Waals surface area (Å²) < 4.78 is 7.09. The van der Waals surface area contributed by atoms with Crippen LogP contribution in [0.5, 0.6) is 5.75 Å². The van der Waals surface area contributed by atoms with Gasteiger partial charge in [-0.2, -0.15) is 0 Å². The molecule has 33 heavy (non-hydrogen) atoms. The van der Waals surface area contributed by atoms with Crippen molar-refractivity contribution < 1.29 is 4.74 Å². The van der Waals surface area contributed by atoms with Gasteiger partial charge in [0, 0.05) is 4.47 Å². The Hall–Kier alpha value is -2.84. The van der Waals surface area contributed by atoms with E-state index in [0.717, 1.165) is 29.7 Å². The van der Waals surface area contributed by atoms with Crippen molar-refractivity contribution in [2.24, 2.45) is 0 Å². The van der Waals surface area contributed by atoms with Crippen LogP contribution in [0.3, 0.4) is 0 Å². The van der Waals surface area contributed by atoms with Crippen molar-refractivity contribution in [1.29, 1.82) is 0 Å². The van der Waals surface area contributed by atoms with Gasteiger partial charge >= 0.3 is 0 Å². The molecule has 2 heteroatoms. The summed E-state index contributed by atoms with van der Waals surface area (Å²) in [5.41, 5.74) is 10.00. The van der Waals surface area contributed by atoms with Crippen LogP contribution in [0.2, 0.25) is 0 Å². The summed E-state index contributed by atoms with van der Waals surface area (Å²) in [5.74, 6) is 0.934. The monoisotopic (exact) mass is 496 g/mol. The number of unbranched alkanes of at least 4 members (excludes halogenated alkanes) is 1. The Balaban J connectivity index is 1.78. The van der Waals surface area contributed by atoms with Crippen LogP contribution in [0, 0.1) is 13.8 Å². The molecule has 0 N–H and O–H groups in total. The summed E-state index contributed by atoms with van der Waals surface area (Å²) in [6.45, 7) is 7.28. The molecule has 1 aliphatic rings. The minimum atomic E-state index is -0.379. The Morgan fingerprint density at radius 2 is 1.27 bits per heavy atom. The largest absolute Gasteiger partial charge is 0.494 e. The Bertz CT molecular complexity index is 1230. The highest BCUT2D eigenvalue weighted by atomic mass is 79.9. The first-order valence-electron chi connectivity index (χ1n) is 11.8. The Kier molecular flexibility index (Phi) is 5.88. The molecule has 0 radical (unpaired) electrons. The SMILES string of the molecule is CCCCOc1ccc(C2(c3ccc(C)cc3)c3cc(C)ccc3-c3ccc(Br)cc32)cc1. The van der Waals surface area contributed by atoms with Crippen LogP contribution in [0.4, 0.5) is 0 Å². The average molecular weight is 497 g/mol. The summed E-state index contributed by atoms with van der Waals surface area (Å²) in [6.07, 6.45) is 2.21. The molecule has 4 aromatic carbocycles. The van der Waals surface area contributed by atoms with Gasteiger partial charge in [-0.1, -0.05) is 101 Å². The van der Waals surface area contributed by atoms with Crippen molar-refractivity contribution in [2.75, 3.05) is 6.61 Å². The second-order valence-corrected chi connectivity index (χ2v) is 10.00. The number of rotatable bonds is 6. The van der Waals surface area contributed by atoms with E-state index in [1.165, 1.54) is 44.5 Å². The highest BCUT2D eigenvalue weighted by Gasteiger charge is 2.46. The Morgan fingerprint density at radius 1 is 0.697 bits per heavy atom. The molecule has 0 fully saturated rings. The molecule has 5 rings (SSSR count). The summed E-state index contributed by atoms with van der Waals surface area (Å²) in [7, 11) is 0. The van der Waals surface area contributed by atoms with Gasteiger partial charge in [0.05, 0.1) is 12.0 Å². The molecule has 0 spiro atoms. The summed E-state index contributed by atoms with van der Waals surface area (Å²) in [5, 5.41) is 0. The molecule has 0 saturated heterocycles. The predicted octanol–water partition coefficient (Wildman–Crippen LogP) is 8.61. The molecule has 1 atom stereocenters. The zero-order valence-electron chi connectivity index (χ0n) is 19.5. The quantitative estimate of drug-likeness (QED) is 0.214. The highest BCUT2D eigenvalue weighted by molar-refractivity contribution is 9.10. The number of hydrogen-bond donors (Lipinski definition) is 0. The third-order valence-electron chi connectivity index (χ3n) is 6.79. The fraction of sp³-hybridized carbons (Fsp3) is 0.226. The molecular formula is C31H29BrO. The van der Waals surface area contributed by atoms with Crippen LogP contribution in [0.25, 0.3) is 11.1 Å². The maximum Gasteiger partial charge on any atom is 0.119 e. The van der Waals surface area contributed by atoms with E-state index in [-0.39, 0.29) is 5.41 Å². The molecule has 1 nitrogen and oxygen atoms in total. The van der Waals surface area contributed by atoms with Crippen molar-refractivity contribution in [3.8, 4) is 16.9 Å². The van der Waals surface area contributed by atoms with Crippen molar-refractivity contribution in [2.45, 2.75) is 39.0 Å². The maximum atomic E-state index is 5.99. The third-order valence-corrected chi connectivity index (χ3v) is 7.29. The van der Waals surface area contributed by atoms with E-state index < -0.39 is 0 Å². The fourth-order valence-electron chi connectivity index (χ4n) is 5.14. The zero-order chi connectivity index (χ0) is 23.0. The van der Waals surface area contributed by atoms with Crippen LogP contribution in [-0.2, 0) is 5.41 Å². The van der Waals surface area contributed by atoms with Gasteiger partial charge in [-0.05, 0) is 77.9 Å². The first kappa shape index (κ1) is 22.0. The zero-order valence-corrected chi connectivity index (χ0v) is 21.1. The number of hydrogen-bond acceptors (Lipinski definition) is 1. The number of ether oxygens (including phenoxy) is 1. The number of aryl methyl sites for hydroxylation is 2. The van der Waals surface area contributed by atoms with E-state index >= 15 is 0 Å². The molecule has 1 unspecified atom stereocenters. The fourth-order valence-corrected chi connectivity index (χ4v) is 5.50. The second-order valence-electron chi connectivity index (χ2n) is 9.08. The van der Waals surface area contributed by atoms with Gasteiger partial charge in [0.15, 0.2) is 0 Å². The summed E-state index contributed by atoms with van der Waals surface area (Å²) in [4.78, 5) is 0. The van der Waals surface area contributed by atoms with E-state index in [1.54, 1.807) is 0 Å². The van der Waals surface area contributed by atoms with Crippen LogP contribution in [0.15, 0.2) is 89.4 Å². The molecule has 0 bridgehead atoms. The van der Waals surface area contributed by atoms with Crippen molar-refractivity contribution >= 4 is 15.9 Å². The van der Waals surface area contributed by atoms with E-state index in [2.05, 4.69) is 122 Å².